The van der Waals surface area contributed by atoms with E-state index in [0.717, 1.165) is 18.5 Å². The number of halogens is 1. The van der Waals surface area contributed by atoms with E-state index in [9.17, 15) is 8.42 Å². The number of sulfonamides is 1. The van der Waals surface area contributed by atoms with Crippen molar-refractivity contribution in [2.24, 2.45) is 0 Å². The molecule has 0 amide bonds. The Labute approximate surface area is 127 Å². The Hall–Kier alpha value is -0.620. The highest BCUT2D eigenvalue weighted by Crippen LogP contribution is 2.19. The van der Waals surface area contributed by atoms with Crippen LogP contribution in [-0.4, -0.2) is 38.1 Å². The highest BCUT2D eigenvalue weighted by molar-refractivity contribution is 7.89. The molecule has 0 aliphatic rings. The molecule has 0 aliphatic carbocycles. The van der Waals surface area contributed by atoms with Gasteiger partial charge < -0.3 is 5.32 Å². The van der Waals surface area contributed by atoms with Gasteiger partial charge in [0.2, 0.25) is 10.0 Å². The molecule has 114 valence electrons. The van der Waals surface area contributed by atoms with Gasteiger partial charge in [-0.25, -0.2) is 12.7 Å². The highest BCUT2D eigenvalue weighted by atomic mass is 35.5. The first kappa shape index (κ1) is 17.4. The van der Waals surface area contributed by atoms with Gasteiger partial charge in [-0.05, 0) is 31.5 Å². The molecule has 6 heteroatoms. The Bertz CT molecular complexity index is 520. The number of hydrogen-bond donors (Lipinski definition) is 1. The van der Waals surface area contributed by atoms with Gasteiger partial charge >= 0.3 is 0 Å². The van der Waals surface area contributed by atoms with Crippen molar-refractivity contribution in [3.8, 4) is 0 Å². The summed E-state index contributed by atoms with van der Waals surface area (Å²) in [6.45, 7) is 5.36. The van der Waals surface area contributed by atoms with Gasteiger partial charge in [-0.1, -0.05) is 36.7 Å². The fourth-order valence-corrected chi connectivity index (χ4v) is 3.31. The van der Waals surface area contributed by atoms with Crippen molar-refractivity contribution in [2.75, 3.05) is 20.1 Å². The van der Waals surface area contributed by atoms with E-state index in [2.05, 4.69) is 12.2 Å². The van der Waals surface area contributed by atoms with Gasteiger partial charge in [-0.15, -0.1) is 0 Å². The van der Waals surface area contributed by atoms with Crippen molar-refractivity contribution in [1.29, 1.82) is 0 Å². The van der Waals surface area contributed by atoms with Crippen LogP contribution < -0.4 is 5.32 Å². The van der Waals surface area contributed by atoms with E-state index >= 15 is 0 Å². The van der Waals surface area contributed by atoms with Gasteiger partial charge in [-0.3, -0.25) is 0 Å². The summed E-state index contributed by atoms with van der Waals surface area (Å²) in [6, 6.07) is 7.30. The second-order valence-corrected chi connectivity index (χ2v) is 7.77. The molecule has 0 aromatic heterocycles. The van der Waals surface area contributed by atoms with Crippen LogP contribution in [0.4, 0.5) is 0 Å². The molecule has 0 aliphatic heterocycles. The zero-order chi connectivity index (χ0) is 15.2. The first-order valence-electron chi connectivity index (χ1n) is 6.78. The topological polar surface area (TPSA) is 49.4 Å². The van der Waals surface area contributed by atoms with Crippen LogP contribution in [0.3, 0.4) is 0 Å². The fraction of sp³-hybridized carbons (Fsp3) is 0.571. The molecule has 0 heterocycles. The third-order valence-corrected chi connectivity index (χ3v) is 5.70. The molecule has 1 N–H and O–H groups in total. The SMILES string of the molecule is CCCNCC(C)S(=O)(=O)N(C)Cc1ccccc1Cl. The molecule has 0 spiro atoms. The number of nitrogens with zero attached hydrogens (tertiary/aromatic N) is 1. The molecule has 0 saturated heterocycles. The van der Waals surface area contributed by atoms with Crippen molar-refractivity contribution in [2.45, 2.75) is 32.1 Å². The summed E-state index contributed by atoms with van der Waals surface area (Å²) in [5, 5.41) is 3.27. The molecule has 1 aromatic carbocycles. The highest BCUT2D eigenvalue weighted by Gasteiger charge is 2.25. The van der Waals surface area contributed by atoms with Crippen LogP contribution >= 0.6 is 11.6 Å². The van der Waals surface area contributed by atoms with E-state index in [0.29, 0.717) is 18.1 Å². The second kappa shape index (κ2) is 7.98. The van der Waals surface area contributed by atoms with Crippen molar-refractivity contribution in [1.82, 2.24) is 9.62 Å². The molecule has 0 radical (unpaired) electrons. The Kier molecular flexibility index (Phi) is 6.95. The summed E-state index contributed by atoms with van der Waals surface area (Å²) in [5.41, 5.74) is 0.814. The van der Waals surface area contributed by atoms with Crippen LogP contribution in [0.1, 0.15) is 25.8 Å². The molecular weight excluding hydrogens is 296 g/mol. The molecule has 0 saturated carbocycles. The van der Waals surface area contributed by atoms with Crippen LogP contribution in [-0.2, 0) is 16.6 Å². The third-order valence-electron chi connectivity index (χ3n) is 3.15. The number of nitrogens with one attached hydrogen (secondary N) is 1. The summed E-state index contributed by atoms with van der Waals surface area (Å²) in [4.78, 5) is 0. The summed E-state index contributed by atoms with van der Waals surface area (Å²) < 4.78 is 26.1. The van der Waals surface area contributed by atoms with Crippen molar-refractivity contribution in [3.63, 3.8) is 0 Å². The van der Waals surface area contributed by atoms with E-state index in [4.69, 9.17) is 11.6 Å². The zero-order valence-electron chi connectivity index (χ0n) is 12.3. The standard InChI is InChI=1S/C14H23ClN2O2S/c1-4-9-16-10-12(2)20(18,19)17(3)11-13-7-5-6-8-14(13)15/h5-8,12,16H,4,9-11H2,1-3H3. The fourth-order valence-electron chi connectivity index (χ4n) is 1.85. The summed E-state index contributed by atoms with van der Waals surface area (Å²) in [6.07, 6.45) is 0.988. The van der Waals surface area contributed by atoms with E-state index in [1.807, 2.05) is 18.2 Å². The quantitative estimate of drug-likeness (QED) is 0.749. The largest absolute Gasteiger partial charge is 0.315 e. The summed E-state index contributed by atoms with van der Waals surface area (Å²) >= 11 is 6.07. The van der Waals surface area contributed by atoms with Crippen LogP contribution in [0.5, 0.6) is 0 Å². The maximum Gasteiger partial charge on any atom is 0.218 e. The van der Waals surface area contributed by atoms with Gasteiger partial charge in [0.25, 0.3) is 0 Å². The Morgan fingerprint density at radius 3 is 2.60 bits per heavy atom. The second-order valence-electron chi connectivity index (χ2n) is 4.91. The minimum absolute atomic E-state index is 0.292. The predicted octanol–water partition coefficient (Wildman–Crippen LogP) is 2.49. The first-order valence-corrected chi connectivity index (χ1v) is 8.67. The number of benzene rings is 1. The normalized spacial score (nSPS) is 13.7. The average molecular weight is 319 g/mol. The molecule has 1 unspecified atom stereocenters. The van der Waals surface area contributed by atoms with Crippen molar-refractivity contribution >= 4 is 21.6 Å². The van der Waals surface area contributed by atoms with Gasteiger partial charge in [0.1, 0.15) is 0 Å². The molecule has 20 heavy (non-hydrogen) atoms. The Balaban J connectivity index is 2.69. The molecule has 4 nitrogen and oxygen atoms in total. The Morgan fingerprint density at radius 2 is 2.00 bits per heavy atom. The van der Waals surface area contributed by atoms with Gasteiger partial charge in [0, 0.05) is 25.2 Å². The van der Waals surface area contributed by atoms with Crippen molar-refractivity contribution in [3.05, 3.63) is 34.9 Å². The van der Waals surface area contributed by atoms with Crippen LogP contribution in [0.2, 0.25) is 5.02 Å². The lowest BCUT2D eigenvalue weighted by Crippen LogP contribution is -2.40. The first-order chi connectivity index (χ1) is 9.39. The molecule has 0 bridgehead atoms. The summed E-state index contributed by atoms with van der Waals surface area (Å²) in [5.74, 6) is 0. The zero-order valence-corrected chi connectivity index (χ0v) is 13.8. The van der Waals surface area contributed by atoms with E-state index in [1.54, 1.807) is 20.0 Å². The molecule has 1 atom stereocenters. The lowest BCUT2D eigenvalue weighted by molar-refractivity contribution is 0.453. The van der Waals surface area contributed by atoms with Gasteiger partial charge in [-0.2, -0.15) is 0 Å². The molecule has 0 fully saturated rings. The monoisotopic (exact) mass is 318 g/mol. The van der Waals surface area contributed by atoms with Gasteiger partial charge in [0.15, 0.2) is 0 Å². The maximum absolute atomic E-state index is 12.4. The number of hydrogen-bond acceptors (Lipinski definition) is 3. The van der Waals surface area contributed by atoms with E-state index < -0.39 is 15.3 Å². The molecule has 1 rings (SSSR count). The van der Waals surface area contributed by atoms with Crippen LogP contribution in [0, 0.1) is 0 Å². The smallest absolute Gasteiger partial charge is 0.218 e. The molecule has 1 aromatic rings. The third kappa shape index (κ3) is 4.74. The Morgan fingerprint density at radius 1 is 1.35 bits per heavy atom. The van der Waals surface area contributed by atoms with Crippen LogP contribution in [0.15, 0.2) is 24.3 Å². The average Bonchev–Trinajstić information content (AvgIpc) is 2.41. The lowest BCUT2D eigenvalue weighted by atomic mass is 10.2. The van der Waals surface area contributed by atoms with Crippen molar-refractivity contribution < 1.29 is 8.42 Å². The van der Waals surface area contributed by atoms with Crippen LogP contribution in [0.25, 0.3) is 0 Å². The lowest BCUT2D eigenvalue weighted by Gasteiger charge is -2.22. The van der Waals surface area contributed by atoms with E-state index in [-0.39, 0.29) is 0 Å². The minimum atomic E-state index is -3.32. The predicted molar refractivity (Wildman–Crippen MR) is 84.5 cm³/mol. The maximum atomic E-state index is 12.4. The van der Waals surface area contributed by atoms with E-state index in [1.165, 1.54) is 4.31 Å². The van der Waals surface area contributed by atoms with Gasteiger partial charge in [0.05, 0.1) is 5.25 Å². The summed E-state index contributed by atoms with van der Waals surface area (Å²) in [7, 11) is -1.73. The minimum Gasteiger partial charge on any atom is -0.315 e. The molecular formula is C14H23ClN2O2S. The number of rotatable bonds is 8.